The molecule has 0 aliphatic carbocycles. The Kier molecular flexibility index (Phi) is 4.31. The minimum absolute atomic E-state index is 0.231. The van der Waals surface area contributed by atoms with Crippen LogP contribution in [0, 0.1) is 0 Å². The third-order valence-corrected chi connectivity index (χ3v) is 3.54. The van der Waals surface area contributed by atoms with Crippen LogP contribution in [0.5, 0.6) is 5.88 Å². The number of hydrogen-bond acceptors (Lipinski definition) is 7. The first-order valence-electron chi connectivity index (χ1n) is 5.83. The molecule has 138 valence electrons. The summed E-state index contributed by atoms with van der Waals surface area (Å²) in [5.41, 5.74) is -8.92. The Morgan fingerprint density at radius 2 is 1.80 bits per heavy atom. The van der Waals surface area contributed by atoms with Crippen LogP contribution >= 0.6 is 0 Å². The lowest BCUT2D eigenvalue weighted by atomic mass is 10.3. The van der Waals surface area contributed by atoms with Gasteiger partial charge in [-0.05, 0) is 0 Å². The summed E-state index contributed by atoms with van der Waals surface area (Å²) in [4.78, 5) is 14.5. The minimum atomic E-state index is -6.11. The first kappa shape index (κ1) is 18.8. The number of nitrogens with zero attached hydrogens (tertiary/aromatic N) is 3. The van der Waals surface area contributed by atoms with Crippen molar-refractivity contribution in [2.75, 3.05) is 7.11 Å². The summed E-state index contributed by atoms with van der Waals surface area (Å²) in [5.74, 6) is -2.58. The molecule has 8 nitrogen and oxygen atoms in total. The van der Waals surface area contributed by atoms with Crippen molar-refractivity contribution in [3.63, 3.8) is 0 Å². The monoisotopic (exact) mass is 393 g/mol. The van der Waals surface area contributed by atoms with E-state index in [0.717, 1.165) is 7.11 Å². The van der Waals surface area contributed by atoms with E-state index in [0.29, 0.717) is 10.6 Å². The van der Waals surface area contributed by atoms with Gasteiger partial charge in [-0.15, -0.1) is 5.10 Å². The third kappa shape index (κ3) is 3.59. The first-order valence-corrected chi connectivity index (χ1v) is 7.24. The summed E-state index contributed by atoms with van der Waals surface area (Å²) in [5, 5.41) is 3.13. The number of carbonyl (C=O) groups excluding carboxylic acids is 1. The maximum atomic E-state index is 12.8. The molecule has 0 saturated carbocycles. The predicted molar refractivity (Wildman–Crippen MR) is 64.9 cm³/mol. The third-order valence-electron chi connectivity index (χ3n) is 2.58. The summed E-state index contributed by atoms with van der Waals surface area (Å²) in [6.45, 7) is 0. The van der Waals surface area contributed by atoms with Gasteiger partial charge in [0.2, 0.25) is 0 Å². The van der Waals surface area contributed by atoms with Crippen LogP contribution in [0.3, 0.4) is 0 Å². The Morgan fingerprint density at radius 1 is 1.20 bits per heavy atom. The molecule has 0 aromatic carbocycles. The van der Waals surface area contributed by atoms with Gasteiger partial charge in [-0.2, -0.15) is 34.8 Å². The summed E-state index contributed by atoms with van der Waals surface area (Å²) < 4.78 is 105. The highest BCUT2D eigenvalue weighted by atomic mass is 32.2. The van der Waals surface area contributed by atoms with Gasteiger partial charge < -0.3 is 8.92 Å². The lowest BCUT2D eigenvalue weighted by Crippen LogP contribution is -2.28. The molecule has 25 heavy (non-hydrogen) atoms. The van der Waals surface area contributed by atoms with Gasteiger partial charge >= 0.3 is 27.8 Å². The molecular formula is C10H5F6N3O5S. The Balaban J connectivity index is 2.64. The first-order chi connectivity index (χ1) is 11.3. The standard InChI is InChI=1S/C10H5F6N3O5S/c1-23-8(20)7-4-2-6(24-25(21,22)10(14,15)16)18-19(4)3-5(17-7)9(11,12)13/h2-3H,1H3. The van der Waals surface area contributed by atoms with E-state index in [1.165, 1.54) is 0 Å². The molecule has 15 heteroatoms. The van der Waals surface area contributed by atoms with Crippen LogP contribution in [0.4, 0.5) is 26.3 Å². The maximum absolute atomic E-state index is 12.8. The van der Waals surface area contributed by atoms with Gasteiger partial charge in [0.05, 0.1) is 13.3 Å². The number of ether oxygens (including phenoxy) is 1. The topological polar surface area (TPSA) is 99.9 Å². The van der Waals surface area contributed by atoms with Gasteiger partial charge in [0, 0.05) is 6.07 Å². The second kappa shape index (κ2) is 5.75. The Hall–Kier alpha value is -2.58. The van der Waals surface area contributed by atoms with Crippen molar-refractivity contribution in [2.24, 2.45) is 0 Å². The molecule has 2 rings (SSSR count). The summed E-state index contributed by atoms with van der Waals surface area (Å²) >= 11 is 0. The fourth-order valence-electron chi connectivity index (χ4n) is 1.55. The van der Waals surface area contributed by atoms with E-state index in [-0.39, 0.29) is 6.20 Å². The number of hydrogen-bond donors (Lipinski definition) is 0. The van der Waals surface area contributed by atoms with Crippen molar-refractivity contribution in [3.8, 4) is 5.88 Å². The van der Waals surface area contributed by atoms with Crippen molar-refractivity contribution in [1.29, 1.82) is 0 Å². The molecule has 0 unspecified atom stereocenters. The van der Waals surface area contributed by atoms with Gasteiger partial charge in [0.15, 0.2) is 11.4 Å². The molecular weight excluding hydrogens is 388 g/mol. The summed E-state index contributed by atoms with van der Waals surface area (Å²) in [7, 11) is -5.29. The van der Waals surface area contributed by atoms with E-state index in [9.17, 15) is 39.6 Å². The smallest absolute Gasteiger partial charge is 0.464 e. The molecule has 2 heterocycles. The highest BCUT2D eigenvalue weighted by Crippen LogP contribution is 2.31. The maximum Gasteiger partial charge on any atom is 0.534 e. The van der Waals surface area contributed by atoms with Crippen LogP contribution in [-0.4, -0.2) is 41.6 Å². The molecule has 0 saturated heterocycles. The van der Waals surface area contributed by atoms with E-state index in [4.69, 9.17) is 0 Å². The van der Waals surface area contributed by atoms with Gasteiger partial charge in [0.25, 0.3) is 5.88 Å². The number of esters is 1. The number of methoxy groups -OCH3 is 1. The number of aromatic nitrogens is 3. The number of carbonyl (C=O) groups is 1. The highest BCUT2D eigenvalue weighted by molar-refractivity contribution is 7.87. The lowest BCUT2D eigenvalue weighted by Gasteiger charge is -2.08. The Morgan fingerprint density at radius 3 is 2.28 bits per heavy atom. The van der Waals surface area contributed by atoms with E-state index in [1.807, 2.05) is 0 Å². The van der Waals surface area contributed by atoms with Crippen LogP contribution in [0.25, 0.3) is 5.52 Å². The van der Waals surface area contributed by atoms with Crippen LogP contribution in [-0.2, 0) is 21.0 Å². The quantitative estimate of drug-likeness (QED) is 0.339. The normalized spacial score (nSPS) is 13.1. The van der Waals surface area contributed by atoms with Crippen molar-refractivity contribution < 1.29 is 48.5 Å². The van der Waals surface area contributed by atoms with Crippen LogP contribution in [0.15, 0.2) is 12.3 Å². The number of rotatable bonds is 3. The molecule has 2 aromatic heterocycles. The average Bonchev–Trinajstić information content (AvgIpc) is 2.84. The van der Waals surface area contributed by atoms with Crippen molar-refractivity contribution in [3.05, 3.63) is 23.7 Å². The summed E-state index contributed by atoms with van der Waals surface area (Å²) in [6.07, 6.45) is -4.79. The van der Waals surface area contributed by atoms with Crippen molar-refractivity contribution in [1.82, 2.24) is 14.6 Å². The van der Waals surface area contributed by atoms with Crippen LogP contribution < -0.4 is 4.18 Å². The molecule has 0 fully saturated rings. The van der Waals surface area contributed by atoms with Crippen molar-refractivity contribution >= 4 is 21.6 Å². The summed E-state index contributed by atoms with van der Waals surface area (Å²) in [6, 6.07) is 0.489. The molecule has 0 aliphatic heterocycles. The Bertz CT molecular complexity index is 933. The molecule has 0 radical (unpaired) electrons. The van der Waals surface area contributed by atoms with Crippen LogP contribution in [0.2, 0.25) is 0 Å². The zero-order chi connectivity index (χ0) is 19.2. The van der Waals surface area contributed by atoms with Crippen LogP contribution in [0.1, 0.15) is 16.2 Å². The average molecular weight is 393 g/mol. The molecule has 0 N–H and O–H groups in total. The largest absolute Gasteiger partial charge is 0.534 e. The molecule has 0 atom stereocenters. The highest BCUT2D eigenvalue weighted by Gasteiger charge is 2.49. The lowest BCUT2D eigenvalue weighted by molar-refractivity contribution is -0.141. The molecule has 0 aliphatic rings. The van der Waals surface area contributed by atoms with E-state index in [1.54, 1.807) is 0 Å². The number of halogens is 6. The van der Waals surface area contributed by atoms with Gasteiger partial charge in [0.1, 0.15) is 5.52 Å². The fourth-order valence-corrected chi connectivity index (χ4v) is 1.95. The molecule has 2 aromatic rings. The van der Waals surface area contributed by atoms with Gasteiger partial charge in [-0.1, -0.05) is 0 Å². The second-order valence-corrected chi connectivity index (χ2v) is 5.80. The molecule has 0 spiro atoms. The van der Waals surface area contributed by atoms with E-state index >= 15 is 0 Å². The van der Waals surface area contributed by atoms with Gasteiger partial charge in [-0.25, -0.2) is 14.3 Å². The van der Waals surface area contributed by atoms with Gasteiger partial charge in [-0.3, -0.25) is 0 Å². The zero-order valence-electron chi connectivity index (χ0n) is 11.7. The number of alkyl halides is 6. The van der Waals surface area contributed by atoms with E-state index in [2.05, 4.69) is 19.0 Å². The fraction of sp³-hybridized carbons (Fsp3) is 0.300. The molecule has 0 amide bonds. The molecule has 0 bridgehead atoms. The zero-order valence-corrected chi connectivity index (χ0v) is 12.5. The van der Waals surface area contributed by atoms with Crippen molar-refractivity contribution in [2.45, 2.75) is 11.7 Å². The number of fused-ring (bicyclic) bond motifs is 1. The predicted octanol–water partition coefficient (Wildman–Crippen LogP) is 1.76. The van der Waals surface area contributed by atoms with E-state index < -0.39 is 50.6 Å². The second-order valence-electron chi connectivity index (χ2n) is 4.26. The minimum Gasteiger partial charge on any atom is -0.464 e. The SMILES string of the molecule is COC(=O)c1nc(C(F)(F)F)cn2nc(OS(=O)(=O)C(F)(F)F)cc12. The Labute approximate surface area is 134 Å².